The molecule has 1 saturated carbocycles. The van der Waals surface area contributed by atoms with Gasteiger partial charge in [-0.15, -0.1) is 22.7 Å². The number of aromatic nitrogens is 1. The zero-order valence-electron chi connectivity index (χ0n) is 14.2. The quantitative estimate of drug-likeness (QED) is 0.806. The van der Waals surface area contributed by atoms with Crippen molar-refractivity contribution in [3.8, 4) is 9.88 Å². The number of carbonyl (C=O) groups excluding carboxylic acids is 2. The maximum absolute atomic E-state index is 12.8. The Kier molecular flexibility index (Phi) is 4.60. The molecule has 1 aliphatic carbocycles. The number of nitrogens with zero attached hydrogens (tertiary/aromatic N) is 3. The van der Waals surface area contributed by atoms with Crippen LogP contribution < -0.4 is 0 Å². The lowest BCUT2D eigenvalue weighted by Crippen LogP contribution is -2.46. The van der Waals surface area contributed by atoms with Crippen LogP contribution in [0.5, 0.6) is 0 Å². The first-order chi connectivity index (χ1) is 12.1. The molecule has 2 aliphatic rings. The summed E-state index contributed by atoms with van der Waals surface area (Å²) in [6.45, 7) is 1.11. The van der Waals surface area contributed by atoms with E-state index in [-0.39, 0.29) is 17.7 Å². The van der Waals surface area contributed by atoms with Crippen LogP contribution in [-0.4, -0.2) is 46.2 Å². The predicted molar refractivity (Wildman–Crippen MR) is 99.4 cm³/mol. The Bertz CT molecular complexity index is 767. The summed E-state index contributed by atoms with van der Waals surface area (Å²) in [4.78, 5) is 34.3. The summed E-state index contributed by atoms with van der Waals surface area (Å²) in [7, 11) is 1.84. The summed E-state index contributed by atoms with van der Waals surface area (Å²) in [5.41, 5.74) is 0.926. The zero-order valence-corrected chi connectivity index (χ0v) is 15.8. The first-order valence-corrected chi connectivity index (χ1v) is 10.4. The molecule has 2 aromatic rings. The average Bonchev–Trinajstić information content (AvgIpc) is 3.10. The number of hydrogen-bond donors (Lipinski definition) is 0. The molecular weight excluding hydrogens is 354 g/mol. The number of amides is 2. The van der Waals surface area contributed by atoms with E-state index >= 15 is 0 Å². The van der Waals surface area contributed by atoms with E-state index in [2.05, 4.69) is 11.1 Å². The molecule has 4 rings (SSSR count). The number of hydrogen-bond acceptors (Lipinski definition) is 5. The molecule has 7 heteroatoms. The minimum Gasteiger partial charge on any atom is -0.340 e. The van der Waals surface area contributed by atoms with E-state index in [0.29, 0.717) is 32.0 Å². The lowest BCUT2D eigenvalue weighted by molar-refractivity contribution is -0.143. The summed E-state index contributed by atoms with van der Waals surface area (Å²) in [6.07, 6.45) is 3.35. The van der Waals surface area contributed by atoms with Crippen molar-refractivity contribution in [2.45, 2.75) is 38.3 Å². The van der Waals surface area contributed by atoms with Crippen LogP contribution in [0.2, 0.25) is 0 Å². The highest BCUT2D eigenvalue weighted by Crippen LogP contribution is 2.32. The van der Waals surface area contributed by atoms with Crippen molar-refractivity contribution < 1.29 is 9.59 Å². The van der Waals surface area contributed by atoms with E-state index in [9.17, 15) is 9.59 Å². The third kappa shape index (κ3) is 3.62. The summed E-state index contributed by atoms with van der Waals surface area (Å²) in [6, 6.07) is 4.47. The van der Waals surface area contributed by atoms with Crippen LogP contribution in [0.3, 0.4) is 0 Å². The van der Waals surface area contributed by atoms with Crippen molar-refractivity contribution in [2.24, 2.45) is 5.92 Å². The van der Waals surface area contributed by atoms with Crippen LogP contribution in [0.15, 0.2) is 22.9 Å². The van der Waals surface area contributed by atoms with E-state index in [4.69, 9.17) is 0 Å². The van der Waals surface area contributed by atoms with Crippen LogP contribution in [0.4, 0.5) is 0 Å². The number of thiophene rings is 1. The number of piperidine rings is 1. The summed E-state index contributed by atoms with van der Waals surface area (Å²) >= 11 is 3.29. The molecule has 25 heavy (non-hydrogen) atoms. The predicted octanol–water partition coefficient (Wildman–Crippen LogP) is 3.23. The molecule has 3 heterocycles. The fraction of sp³-hybridized carbons (Fsp3) is 0.500. The number of thiazole rings is 1. The van der Waals surface area contributed by atoms with Gasteiger partial charge in [0.2, 0.25) is 11.8 Å². The second-order valence-electron chi connectivity index (χ2n) is 6.83. The molecule has 1 atom stereocenters. The maximum atomic E-state index is 12.8. The first-order valence-electron chi connectivity index (χ1n) is 8.64. The minimum atomic E-state index is -0.0706. The Balaban J connectivity index is 1.38. The molecule has 2 amide bonds. The fourth-order valence-corrected chi connectivity index (χ4v) is 4.96. The summed E-state index contributed by atoms with van der Waals surface area (Å²) < 4.78 is 0. The fourth-order valence-electron chi connectivity index (χ4n) is 3.34. The van der Waals surface area contributed by atoms with E-state index in [1.165, 1.54) is 0 Å². The molecule has 0 spiro atoms. The largest absolute Gasteiger partial charge is 0.340 e. The maximum Gasteiger partial charge on any atom is 0.227 e. The molecule has 5 nitrogen and oxygen atoms in total. The van der Waals surface area contributed by atoms with Crippen LogP contribution in [0, 0.1) is 5.92 Å². The molecule has 0 radical (unpaired) electrons. The highest BCUT2D eigenvalue weighted by molar-refractivity contribution is 7.20. The Morgan fingerprint density at radius 1 is 1.36 bits per heavy atom. The van der Waals surface area contributed by atoms with Gasteiger partial charge in [0.05, 0.1) is 23.0 Å². The van der Waals surface area contributed by atoms with Gasteiger partial charge in [-0.3, -0.25) is 9.59 Å². The minimum absolute atomic E-state index is 0.0706. The van der Waals surface area contributed by atoms with E-state index < -0.39 is 0 Å². The van der Waals surface area contributed by atoms with Gasteiger partial charge in [0.25, 0.3) is 0 Å². The molecule has 1 aliphatic heterocycles. The molecule has 2 fully saturated rings. The third-order valence-corrected chi connectivity index (χ3v) is 6.77. The van der Waals surface area contributed by atoms with Gasteiger partial charge in [-0.2, -0.15) is 0 Å². The SMILES string of the molecule is CN(Cc1csc(-c2cccs2)n1)C(=O)C1CCC(=O)N(C2CC2)C1. The summed E-state index contributed by atoms with van der Waals surface area (Å²) in [5, 5.41) is 5.08. The Morgan fingerprint density at radius 3 is 2.92 bits per heavy atom. The second-order valence-corrected chi connectivity index (χ2v) is 8.63. The zero-order chi connectivity index (χ0) is 17.4. The van der Waals surface area contributed by atoms with Crippen molar-refractivity contribution in [2.75, 3.05) is 13.6 Å². The summed E-state index contributed by atoms with van der Waals surface area (Å²) in [5.74, 6) is 0.275. The average molecular weight is 376 g/mol. The lowest BCUT2D eigenvalue weighted by atomic mass is 9.96. The van der Waals surface area contributed by atoms with Gasteiger partial charge in [0.1, 0.15) is 5.01 Å². The van der Waals surface area contributed by atoms with Gasteiger partial charge < -0.3 is 9.80 Å². The number of rotatable bonds is 5. The van der Waals surface area contributed by atoms with Gasteiger partial charge in [-0.25, -0.2) is 4.98 Å². The van der Waals surface area contributed by atoms with E-state index in [1.54, 1.807) is 27.6 Å². The molecule has 1 unspecified atom stereocenters. The van der Waals surface area contributed by atoms with Crippen LogP contribution in [0.1, 0.15) is 31.4 Å². The van der Waals surface area contributed by atoms with E-state index in [1.807, 2.05) is 28.8 Å². The van der Waals surface area contributed by atoms with Gasteiger partial charge in [0, 0.05) is 31.4 Å². The molecule has 0 N–H and O–H groups in total. The molecule has 1 saturated heterocycles. The van der Waals surface area contributed by atoms with Crippen molar-refractivity contribution >= 4 is 34.5 Å². The van der Waals surface area contributed by atoms with Gasteiger partial charge >= 0.3 is 0 Å². The van der Waals surface area contributed by atoms with Crippen LogP contribution in [-0.2, 0) is 16.1 Å². The molecule has 0 bridgehead atoms. The van der Waals surface area contributed by atoms with Crippen molar-refractivity contribution in [1.82, 2.24) is 14.8 Å². The number of carbonyl (C=O) groups is 2. The highest BCUT2D eigenvalue weighted by atomic mass is 32.1. The molecule has 2 aromatic heterocycles. The molecule has 0 aromatic carbocycles. The van der Waals surface area contributed by atoms with Crippen molar-refractivity contribution in [3.63, 3.8) is 0 Å². The van der Waals surface area contributed by atoms with Crippen LogP contribution in [0.25, 0.3) is 9.88 Å². The van der Waals surface area contributed by atoms with Crippen molar-refractivity contribution in [3.05, 3.63) is 28.6 Å². The van der Waals surface area contributed by atoms with E-state index in [0.717, 1.165) is 28.4 Å². The smallest absolute Gasteiger partial charge is 0.227 e. The van der Waals surface area contributed by atoms with Gasteiger partial charge in [0.15, 0.2) is 0 Å². The highest BCUT2D eigenvalue weighted by Gasteiger charge is 2.39. The lowest BCUT2D eigenvalue weighted by Gasteiger charge is -2.33. The van der Waals surface area contributed by atoms with Crippen LogP contribution >= 0.6 is 22.7 Å². The Hall–Kier alpha value is -1.73. The second kappa shape index (κ2) is 6.88. The Labute approximate surface area is 155 Å². The first kappa shape index (κ1) is 16.7. The molecular formula is C18H21N3O2S2. The topological polar surface area (TPSA) is 53.5 Å². The normalized spacial score (nSPS) is 20.8. The van der Waals surface area contributed by atoms with Crippen molar-refractivity contribution in [1.29, 1.82) is 0 Å². The van der Waals surface area contributed by atoms with Gasteiger partial charge in [-0.1, -0.05) is 6.07 Å². The molecule has 132 valence electrons. The monoisotopic (exact) mass is 375 g/mol. The third-order valence-electron chi connectivity index (χ3n) is 4.84. The standard InChI is InChI=1S/C18H21N3O2S2/c1-20(10-13-11-25-17(19-13)15-3-2-8-24-15)18(23)12-4-7-16(22)21(9-12)14-5-6-14/h2-3,8,11-12,14H,4-7,9-10H2,1H3. The number of likely N-dealkylation sites (tertiary alicyclic amines) is 1. The Morgan fingerprint density at radius 2 is 2.20 bits per heavy atom. The van der Waals surface area contributed by atoms with Gasteiger partial charge in [-0.05, 0) is 30.7 Å².